The molecule has 7 heteroatoms. The summed E-state index contributed by atoms with van der Waals surface area (Å²) in [6.45, 7) is 1.11. The molecule has 122 valence electrons. The van der Waals surface area contributed by atoms with E-state index in [1.165, 1.54) is 30.3 Å². The summed E-state index contributed by atoms with van der Waals surface area (Å²) in [5.74, 6) is -1.49. The number of nitrogens with zero attached hydrogens (tertiary/aromatic N) is 1. The molecule has 0 aliphatic rings. The highest BCUT2D eigenvalue weighted by atomic mass is 32.2. The molecule has 0 saturated carbocycles. The molecule has 0 heterocycles. The number of hydrogen-bond acceptors (Lipinski definition) is 4. The number of anilines is 1. The number of ether oxygens (including phenoxy) is 1. The number of para-hydroxylation sites is 1. The number of rotatable bonds is 6. The normalized spacial score (nSPS) is 11.0. The van der Waals surface area contributed by atoms with E-state index in [-0.39, 0.29) is 17.2 Å². The Morgan fingerprint density at radius 3 is 2.30 bits per heavy atom. The molecule has 0 fully saturated rings. The lowest BCUT2D eigenvalue weighted by molar-refractivity contribution is -0.141. The molecule has 0 spiro atoms. The summed E-state index contributed by atoms with van der Waals surface area (Å²) in [4.78, 5) is 11.7. The van der Waals surface area contributed by atoms with Gasteiger partial charge < -0.3 is 4.74 Å². The van der Waals surface area contributed by atoms with Crippen LogP contribution in [0.4, 0.5) is 10.1 Å². The standard InChI is InChI=1S/C16H16FNO4S/c1-2-22-16(19)12-18(15-11-7-6-10-14(15)17)23(20,21)13-8-4-3-5-9-13/h3-11H,2,12H2,1H3. The van der Waals surface area contributed by atoms with E-state index in [2.05, 4.69) is 0 Å². The Hall–Kier alpha value is -2.41. The number of carbonyl (C=O) groups is 1. The van der Waals surface area contributed by atoms with E-state index in [0.717, 1.165) is 10.4 Å². The number of carbonyl (C=O) groups excluding carboxylic acids is 1. The predicted octanol–water partition coefficient (Wildman–Crippen LogP) is 2.58. The molecule has 23 heavy (non-hydrogen) atoms. The molecule has 0 radical (unpaired) electrons. The number of benzene rings is 2. The molecular weight excluding hydrogens is 321 g/mol. The SMILES string of the molecule is CCOC(=O)CN(c1ccccc1F)S(=O)(=O)c1ccccc1. The van der Waals surface area contributed by atoms with E-state index in [4.69, 9.17) is 4.74 Å². The summed E-state index contributed by atoms with van der Waals surface area (Å²) in [5.41, 5.74) is -0.204. The quantitative estimate of drug-likeness (QED) is 0.760. The Morgan fingerprint density at radius 1 is 1.09 bits per heavy atom. The zero-order valence-electron chi connectivity index (χ0n) is 12.5. The minimum Gasteiger partial charge on any atom is -0.465 e. The van der Waals surface area contributed by atoms with Gasteiger partial charge in [0.05, 0.1) is 17.2 Å². The summed E-state index contributed by atoms with van der Waals surface area (Å²) in [6, 6.07) is 12.9. The van der Waals surface area contributed by atoms with E-state index in [1.807, 2.05) is 0 Å². The fourth-order valence-corrected chi connectivity index (χ4v) is 3.44. The van der Waals surface area contributed by atoms with Gasteiger partial charge in [-0.3, -0.25) is 9.10 Å². The van der Waals surface area contributed by atoms with Crippen molar-refractivity contribution in [2.45, 2.75) is 11.8 Å². The molecular formula is C16H16FNO4S. The summed E-state index contributed by atoms with van der Waals surface area (Å²) < 4.78 is 45.1. The zero-order valence-corrected chi connectivity index (χ0v) is 13.3. The lowest BCUT2D eigenvalue weighted by atomic mass is 10.3. The highest BCUT2D eigenvalue weighted by Gasteiger charge is 2.29. The van der Waals surface area contributed by atoms with Gasteiger partial charge in [0.1, 0.15) is 12.4 Å². The highest BCUT2D eigenvalue weighted by Crippen LogP contribution is 2.26. The van der Waals surface area contributed by atoms with Crippen LogP contribution in [0.2, 0.25) is 0 Å². The molecule has 0 aliphatic carbocycles. The van der Waals surface area contributed by atoms with Crippen molar-refractivity contribution in [3.05, 3.63) is 60.4 Å². The number of sulfonamides is 1. The summed E-state index contributed by atoms with van der Waals surface area (Å²) >= 11 is 0. The monoisotopic (exact) mass is 337 g/mol. The Bertz CT molecular complexity index is 778. The lowest BCUT2D eigenvalue weighted by Crippen LogP contribution is -2.37. The number of esters is 1. The molecule has 0 bridgehead atoms. The van der Waals surface area contributed by atoms with Crippen LogP contribution < -0.4 is 4.31 Å². The van der Waals surface area contributed by atoms with Gasteiger partial charge >= 0.3 is 5.97 Å². The van der Waals surface area contributed by atoms with Crippen LogP contribution in [0, 0.1) is 5.82 Å². The molecule has 0 aliphatic heterocycles. The molecule has 0 saturated heterocycles. The first kappa shape index (κ1) is 17.0. The van der Waals surface area contributed by atoms with Crippen molar-refractivity contribution in [3.63, 3.8) is 0 Å². The smallest absolute Gasteiger partial charge is 0.326 e. The van der Waals surface area contributed by atoms with Crippen LogP contribution in [0.5, 0.6) is 0 Å². The van der Waals surface area contributed by atoms with Crippen molar-refractivity contribution in [2.75, 3.05) is 17.5 Å². The van der Waals surface area contributed by atoms with Gasteiger partial charge in [-0.2, -0.15) is 0 Å². The van der Waals surface area contributed by atoms with Crippen LogP contribution in [0.3, 0.4) is 0 Å². The van der Waals surface area contributed by atoms with Crippen molar-refractivity contribution < 1.29 is 22.3 Å². The highest BCUT2D eigenvalue weighted by molar-refractivity contribution is 7.92. The van der Waals surface area contributed by atoms with Gasteiger partial charge in [-0.15, -0.1) is 0 Å². The van der Waals surface area contributed by atoms with Gasteiger partial charge in [0.25, 0.3) is 10.0 Å². The Kier molecular flexibility index (Phi) is 5.33. The zero-order chi connectivity index (χ0) is 16.9. The summed E-state index contributed by atoms with van der Waals surface area (Å²) in [6.07, 6.45) is 0. The van der Waals surface area contributed by atoms with Crippen LogP contribution in [0.15, 0.2) is 59.5 Å². The van der Waals surface area contributed by atoms with Crippen LogP contribution in [0.25, 0.3) is 0 Å². The van der Waals surface area contributed by atoms with E-state index < -0.39 is 28.4 Å². The fourth-order valence-electron chi connectivity index (χ4n) is 2.00. The van der Waals surface area contributed by atoms with E-state index >= 15 is 0 Å². The summed E-state index contributed by atoms with van der Waals surface area (Å²) in [5, 5.41) is 0. The maximum Gasteiger partial charge on any atom is 0.326 e. The molecule has 0 amide bonds. The maximum atomic E-state index is 14.1. The molecule has 0 atom stereocenters. The average molecular weight is 337 g/mol. The molecule has 2 aromatic rings. The van der Waals surface area contributed by atoms with Crippen LogP contribution in [-0.4, -0.2) is 27.5 Å². The fraction of sp³-hybridized carbons (Fsp3) is 0.188. The lowest BCUT2D eigenvalue weighted by Gasteiger charge is -2.23. The summed E-state index contributed by atoms with van der Waals surface area (Å²) in [7, 11) is -4.10. The van der Waals surface area contributed by atoms with Gasteiger partial charge in [-0.25, -0.2) is 12.8 Å². The largest absolute Gasteiger partial charge is 0.465 e. The second kappa shape index (κ2) is 7.23. The first-order valence-corrected chi connectivity index (χ1v) is 8.38. The van der Waals surface area contributed by atoms with Crippen molar-refractivity contribution in [3.8, 4) is 0 Å². The van der Waals surface area contributed by atoms with Crippen molar-refractivity contribution in [1.29, 1.82) is 0 Å². The first-order chi connectivity index (χ1) is 11.0. The van der Waals surface area contributed by atoms with Crippen LogP contribution >= 0.6 is 0 Å². The van der Waals surface area contributed by atoms with Gasteiger partial charge in [0.15, 0.2) is 0 Å². The van der Waals surface area contributed by atoms with E-state index in [0.29, 0.717) is 0 Å². The van der Waals surface area contributed by atoms with E-state index in [1.54, 1.807) is 25.1 Å². The van der Waals surface area contributed by atoms with Gasteiger partial charge in [-0.1, -0.05) is 30.3 Å². The maximum absolute atomic E-state index is 14.1. The minimum atomic E-state index is -4.10. The third kappa shape index (κ3) is 3.87. The number of halogens is 1. The predicted molar refractivity (Wildman–Crippen MR) is 84.0 cm³/mol. The number of hydrogen-bond donors (Lipinski definition) is 0. The molecule has 2 rings (SSSR count). The third-order valence-corrected chi connectivity index (χ3v) is 4.80. The molecule has 0 N–H and O–H groups in total. The second-order valence-electron chi connectivity index (χ2n) is 4.58. The Labute approximate surface area is 134 Å². The van der Waals surface area contributed by atoms with Crippen molar-refractivity contribution in [2.24, 2.45) is 0 Å². The topological polar surface area (TPSA) is 63.7 Å². The minimum absolute atomic E-state index is 0.0347. The molecule has 5 nitrogen and oxygen atoms in total. The van der Waals surface area contributed by atoms with Gasteiger partial charge in [0, 0.05) is 0 Å². The Balaban J connectivity index is 2.50. The van der Waals surface area contributed by atoms with Crippen molar-refractivity contribution in [1.82, 2.24) is 0 Å². The third-order valence-electron chi connectivity index (χ3n) is 3.03. The van der Waals surface area contributed by atoms with E-state index in [9.17, 15) is 17.6 Å². The van der Waals surface area contributed by atoms with Crippen LogP contribution in [-0.2, 0) is 19.6 Å². The Morgan fingerprint density at radius 2 is 1.70 bits per heavy atom. The van der Waals surface area contributed by atoms with Gasteiger partial charge in [-0.05, 0) is 31.2 Å². The van der Waals surface area contributed by atoms with Crippen molar-refractivity contribution >= 4 is 21.7 Å². The molecule has 2 aromatic carbocycles. The average Bonchev–Trinajstić information content (AvgIpc) is 2.54. The van der Waals surface area contributed by atoms with Gasteiger partial charge in [0.2, 0.25) is 0 Å². The first-order valence-electron chi connectivity index (χ1n) is 6.94. The second-order valence-corrected chi connectivity index (χ2v) is 6.44. The van der Waals surface area contributed by atoms with Crippen LogP contribution in [0.1, 0.15) is 6.92 Å². The molecule has 0 aromatic heterocycles. The molecule has 0 unspecified atom stereocenters.